The minimum absolute atomic E-state index is 0.0833. The third kappa shape index (κ3) is 8.11. The number of likely N-dealkylation sites (tertiary alicyclic amines) is 3. The number of piperidine rings is 3. The molecule has 3 saturated heterocycles. The van der Waals surface area contributed by atoms with Crippen LogP contribution in [0, 0.1) is 11.3 Å². The van der Waals surface area contributed by atoms with Gasteiger partial charge in [0.2, 0.25) is 11.8 Å². The summed E-state index contributed by atoms with van der Waals surface area (Å²) in [6.45, 7) is 3.84. The minimum atomic E-state index is -1.02. The molecule has 1 unspecified atom stereocenters. The van der Waals surface area contributed by atoms with Gasteiger partial charge in [-0.05, 0) is 93.2 Å². The number of nitrogens with one attached hydrogen (secondary N) is 1. The van der Waals surface area contributed by atoms with Crippen LogP contribution < -0.4 is 5.32 Å². The Kier molecular flexibility index (Phi) is 11.0. The van der Waals surface area contributed by atoms with Crippen molar-refractivity contribution in [3.63, 3.8) is 0 Å². The van der Waals surface area contributed by atoms with Gasteiger partial charge < -0.3 is 20.2 Å². The summed E-state index contributed by atoms with van der Waals surface area (Å²) in [6, 6.07) is 6.84. The van der Waals surface area contributed by atoms with Crippen molar-refractivity contribution in [2.24, 2.45) is 11.3 Å². The molecule has 4 heterocycles. The molecule has 256 valence electrons. The van der Waals surface area contributed by atoms with Crippen LogP contribution in [0.3, 0.4) is 0 Å². The lowest BCUT2D eigenvalue weighted by Crippen LogP contribution is -2.58. The van der Waals surface area contributed by atoms with Gasteiger partial charge in [-0.15, -0.1) is 0 Å². The van der Waals surface area contributed by atoms with Crippen LogP contribution in [0.5, 0.6) is 0 Å². The molecule has 1 aromatic carbocycles. The van der Waals surface area contributed by atoms with E-state index in [9.17, 15) is 19.5 Å². The molecule has 3 aliphatic heterocycles. The summed E-state index contributed by atoms with van der Waals surface area (Å²) in [6.07, 6.45) is 15.0. The highest BCUT2D eigenvalue weighted by Crippen LogP contribution is 2.47. The highest BCUT2D eigenvalue weighted by molar-refractivity contribution is 6.30. The van der Waals surface area contributed by atoms with Crippen molar-refractivity contribution in [1.82, 2.24) is 34.8 Å². The molecule has 4 fully saturated rings. The van der Waals surface area contributed by atoms with E-state index in [-0.39, 0.29) is 29.3 Å². The molecule has 4 aliphatic rings. The lowest BCUT2D eigenvalue weighted by atomic mass is 9.63. The molecule has 1 aliphatic carbocycles. The van der Waals surface area contributed by atoms with Crippen LogP contribution in [0.4, 0.5) is 4.79 Å². The van der Waals surface area contributed by atoms with Crippen molar-refractivity contribution >= 4 is 29.5 Å². The molecule has 1 saturated carbocycles. The first-order chi connectivity index (χ1) is 22.8. The van der Waals surface area contributed by atoms with Gasteiger partial charge in [0.05, 0.1) is 6.04 Å². The maximum Gasteiger partial charge on any atom is 0.407 e. The Labute approximate surface area is 283 Å². The van der Waals surface area contributed by atoms with Gasteiger partial charge >= 0.3 is 6.09 Å². The third-order valence-corrected chi connectivity index (χ3v) is 11.7. The van der Waals surface area contributed by atoms with E-state index in [1.165, 1.54) is 37.0 Å². The average Bonchev–Trinajstić information content (AvgIpc) is 3.62. The molecule has 12 heteroatoms. The third-order valence-electron chi connectivity index (χ3n) is 11.4. The lowest BCUT2D eigenvalue weighted by molar-refractivity contribution is -0.140. The molecule has 47 heavy (non-hydrogen) atoms. The number of hydrogen-bond donors (Lipinski definition) is 2. The molecule has 2 N–H and O–H groups in total. The van der Waals surface area contributed by atoms with Crippen molar-refractivity contribution in [2.45, 2.75) is 108 Å². The van der Waals surface area contributed by atoms with Crippen molar-refractivity contribution in [2.75, 3.05) is 32.7 Å². The van der Waals surface area contributed by atoms with Crippen LogP contribution in [0.25, 0.3) is 0 Å². The van der Waals surface area contributed by atoms with E-state index in [0.717, 1.165) is 63.7 Å². The Bertz CT molecular complexity index is 1330. The van der Waals surface area contributed by atoms with E-state index < -0.39 is 12.1 Å². The Morgan fingerprint density at radius 2 is 1.60 bits per heavy atom. The first-order valence-corrected chi connectivity index (χ1v) is 18.1. The molecule has 6 rings (SSSR count). The fourth-order valence-corrected chi connectivity index (χ4v) is 8.82. The smallest absolute Gasteiger partial charge is 0.407 e. The van der Waals surface area contributed by atoms with Gasteiger partial charge in [0.25, 0.3) is 0 Å². The number of nitrogens with zero attached hydrogens (tertiary/aromatic N) is 6. The van der Waals surface area contributed by atoms with E-state index in [4.69, 9.17) is 11.6 Å². The highest BCUT2D eigenvalue weighted by atomic mass is 35.5. The normalized spacial score (nSPS) is 23.4. The zero-order valence-electron chi connectivity index (χ0n) is 27.4. The topological polar surface area (TPSA) is 124 Å². The van der Waals surface area contributed by atoms with Crippen LogP contribution in [0.2, 0.25) is 5.02 Å². The Morgan fingerprint density at radius 1 is 0.894 bits per heavy atom. The maximum absolute atomic E-state index is 14.3. The Hall–Kier alpha value is -3.18. The monoisotopic (exact) mass is 667 g/mol. The molecule has 0 spiro atoms. The molecule has 2 atom stereocenters. The largest absolute Gasteiger partial charge is 0.465 e. The Balaban J connectivity index is 1.11. The number of benzene rings is 1. The quantitative estimate of drug-likeness (QED) is 0.392. The summed E-state index contributed by atoms with van der Waals surface area (Å²) in [4.78, 5) is 48.9. The number of carbonyl (C=O) groups excluding carboxylic acids is 2. The number of carboxylic acid groups (broad SMARTS) is 1. The maximum atomic E-state index is 14.3. The molecular weight excluding hydrogens is 618 g/mol. The van der Waals surface area contributed by atoms with E-state index in [2.05, 4.69) is 20.3 Å². The van der Waals surface area contributed by atoms with Gasteiger partial charge in [-0.25, -0.2) is 9.78 Å². The lowest BCUT2D eigenvalue weighted by Gasteiger charge is -2.48. The van der Waals surface area contributed by atoms with Crippen LogP contribution in [-0.4, -0.2) is 103 Å². The molecule has 0 radical (unpaired) electrons. The van der Waals surface area contributed by atoms with Crippen molar-refractivity contribution in [3.05, 3.63) is 47.5 Å². The second kappa shape index (κ2) is 15.4. The first kappa shape index (κ1) is 33.7. The zero-order chi connectivity index (χ0) is 32.8. The molecular formula is C35H50ClN7O4. The van der Waals surface area contributed by atoms with Crippen molar-refractivity contribution < 1.29 is 19.5 Å². The minimum Gasteiger partial charge on any atom is -0.465 e. The van der Waals surface area contributed by atoms with Gasteiger partial charge in [0.15, 0.2) is 0 Å². The zero-order valence-corrected chi connectivity index (χ0v) is 28.2. The summed E-state index contributed by atoms with van der Waals surface area (Å²) >= 11 is 6.18. The van der Waals surface area contributed by atoms with Crippen molar-refractivity contribution in [1.29, 1.82) is 0 Å². The number of hydrogen-bond acceptors (Lipinski definition) is 6. The summed E-state index contributed by atoms with van der Waals surface area (Å²) in [7, 11) is 0. The van der Waals surface area contributed by atoms with Crippen LogP contribution in [0.1, 0.15) is 82.6 Å². The summed E-state index contributed by atoms with van der Waals surface area (Å²) in [5, 5.41) is 18.5. The van der Waals surface area contributed by atoms with Gasteiger partial charge in [0, 0.05) is 50.3 Å². The van der Waals surface area contributed by atoms with E-state index in [0.29, 0.717) is 43.4 Å². The molecule has 1 aromatic heterocycles. The summed E-state index contributed by atoms with van der Waals surface area (Å²) in [5.41, 5.74) is 1.18. The van der Waals surface area contributed by atoms with Crippen LogP contribution in [-0.2, 0) is 22.6 Å². The molecule has 2 aromatic rings. The molecule has 11 nitrogen and oxygen atoms in total. The second-order valence-electron chi connectivity index (χ2n) is 14.3. The van der Waals surface area contributed by atoms with Gasteiger partial charge in [-0.2, -0.15) is 5.10 Å². The number of carbonyl (C=O) groups is 3. The molecule has 3 amide bonds. The van der Waals surface area contributed by atoms with Gasteiger partial charge in [0.1, 0.15) is 18.7 Å². The Morgan fingerprint density at radius 3 is 2.26 bits per heavy atom. The number of halogens is 1. The second-order valence-corrected chi connectivity index (χ2v) is 14.7. The number of rotatable bonds is 9. The number of aromatic nitrogens is 3. The average molecular weight is 668 g/mol. The first-order valence-electron chi connectivity index (χ1n) is 17.7. The van der Waals surface area contributed by atoms with Crippen molar-refractivity contribution in [3.8, 4) is 0 Å². The highest BCUT2D eigenvalue weighted by Gasteiger charge is 2.44. The van der Waals surface area contributed by atoms with Crippen LogP contribution in [0.15, 0.2) is 36.9 Å². The predicted octanol–water partition coefficient (Wildman–Crippen LogP) is 4.85. The molecule has 0 bridgehead atoms. The summed E-state index contributed by atoms with van der Waals surface area (Å²) in [5.74, 6) is 0.695. The summed E-state index contributed by atoms with van der Waals surface area (Å²) < 4.78 is 1.99. The standard InChI is InChI=1S/C35H50ClN7O4/c36-28-11-9-26(10-12-28)22-30(39-29-13-18-40(19-14-29)33(45)31-8-4-5-17-43(31)34(46)47)32(44)41-20-15-35(16-21-41,23-42-25-37-24-38-42)27-6-2-1-3-7-27/h9-12,24-25,27,29-31,39H,1-8,13-23H2,(H,46,47)/t30-,31?/m1/s1. The predicted molar refractivity (Wildman–Crippen MR) is 179 cm³/mol. The fraction of sp³-hybridized carbons (Fsp3) is 0.686. The fourth-order valence-electron chi connectivity index (χ4n) is 8.69. The van der Waals surface area contributed by atoms with E-state index in [1.807, 2.05) is 40.2 Å². The van der Waals surface area contributed by atoms with E-state index >= 15 is 0 Å². The van der Waals surface area contributed by atoms with Crippen LogP contribution >= 0.6 is 11.6 Å². The van der Waals surface area contributed by atoms with Gasteiger partial charge in [-0.1, -0.05) is 43.0 Å². The number of amides is 3. The van der Waals surface area contributed by atoms with Gasteiger partial charge in [-0.3, -0.25) is 19.2 Å². The SMILES string of the molecule is O=C(C1CCCCN1C(=O)O)N1CCC(N[C@H](Cc2ccc(Cl)cc2)C(=O)N2CCC(Cn3cncn3)(C3CCCCC3)CC2)CC1. The van der Waals surface area contributed by atoms with E-state index in [1.54, 1.807) is 6.33 Å².